The number of hydrogen-bond acceptors (Lipinski definition) is 1. The molecule has 1 heteroatoms. The van der Waals surface area contributed by atoms with Crippen LogP contribution in [0.2, 0.25) is 0 Å². The largest absolute Gasteiger partial charge is 0.298 e. The van der Waals surface area contributed by atoms with Crippen molar-refractivity contribution in [2.24, 2.45) is 0 Å². The van der Waals surface area contributed by atoms with Crippen LogP contribution < -0.4 is 0 Å². The molecule has 0 bridgehead atoms. The molecule has 2 aromatic rings. The van der Waals surface area contributed by atoms with E-state index in [2.05, 4.69) is 44.2 Å². The van der Waals surface area contributed by atoms with Crippen molar-refractivity contribution in [3.63, 3.8) is 0 Å². The zero-order valence-corrected chi connectivity index (χ0v) is 10.9. The van der Waals surface area contributed by atoms with Crippen molar-refractivity contribution in [1.29, 1.82) is 0 Å². The lowest BCUT2D eigenvalue weighted by atomic mass is 9.96. The summed E-state index contributed by atoms with van der Waals surface area (Å²) in [6, 6.07) is 14.5. The number of rotatable bonds is 4. The van der Waals surface area contributed by atoms with Gasteiger partial charge in [-0.2, -0.15) is 0 Å². The fraction of sp³-hybridized carbons (Fsp3) is 0.235. The van der Waals surface area contributed by atoms with Crippen LogP contribution >= 0.6 is 0 Å². The maximum Gasteiger partial charge on any atom is 0.150 e. The molecule has 0 aliphatic rings. The molecule has 0 aliphatic carbocycles. The Morgan fingerprint density at radius 2 is 1.50 bits per heavy atom. The van der Waals surface area contributed by atoms with Crippen LogP contribution in [0.25, 0.3) is 11.1 Å². The highest BCUT2D eigenvalue weighted by Crippen LogP contribution is 2.24. The first kappa shape index (κ1) is 12.6. The van der Waals surface area contributed by atoms with Crippen molar-refractivity contribution in [3.05, 3.63) is 59.2 Å². The maximum atomic E-state index is 11.2. The van der Waals surface area contributed by atoms with Gasteiger partial charge in [0.05, 0.1) is 0 Å². The maximum absolute atomic E-state index is 11.2. The smallest absolute Gasteiger partial charge is 0.150 e. The monoisotopic (exact) mass is 238 g/mol. The second kappa shape index (κ2) is 5.63. The molecule has 0 aliphatic heterocycles. The molecule has 0 unspecified atom stereocenters. The highest BCUT2D eigenvalue weighted by Gasteiger charge is 2.05. The van der Waals surface area contributed by atoms with Gasteiger partial charge in [0.1, 0.15) is 0 Å². The average Bonchev–Trinajstić information content (AvgIpc) is 2.46. The third-order valence-corrected chi connectivity index (χ3v) is 3.32. The molecule has 2 rings (SSSR count). The van der Waals surface area contributed by atoms with Crippen LogP contribution in [-0.4, -0.2) is 6.29 Å². The van der Waals surface area contributed by atoms with E-state index in [1.54, 1.807) is 0 Å². The Hall–Kier alpha value is -1.89. The summed E-state index contributed by atoms with van der Waals surface area (Å²) in [7, 11) is 0. The molecule has 0 heterocycles. The Morgan fingerprint density at radius 1 is 0.889 bits per heavy atom. The zero-order valence-electron chi connectivity index (χ0n) is 10.9. The van der Waals surface area contributed by atoms with Crippen molar-refractivity contribution in [2.45, 2.75) is 26.7 Å². The molecule has 18 heavy (non-hydrogen) atoms. The predicted octanol–water partition coefficient (Wildman–Crippen LogP) is 4.29. The molecule has 0 radical (unpaired) electrons. The van der Waals surface area contributed by atoms with E-state index >= 15 is 0 Å². The Labute approximate surface area is 108 Å². The number of carbonyl (C=O) groups excluding carboxylic acids is 1. The lowest BCUT2D eigenvalue weighted by Crippen LogP contribution is -1.91. The number of aryl methyl sites for hydroxylation is 2. The lowest BCUT2D eigenvalue weighted by molar-refractivity contribution is 0.112. The molecule has 0 amide bonds. The molecule has 0 spiro atoms. The lowest BCUT2D eigenvalue weighted by Gasteiger charge is -2.08. The van der Waals surface area contributed by atoms with Crippen molar-refractivity contribution in [3.8, 4) is 11.1 Å². The Morgan fingerprint density at radius 3 is 2.06 bits per heavy atom. The SMILES string of the molecule is CCc1ccc(-c2ccc(CC)cc2C=O)cc1. The second-order valence-corrected chi connectivity index (χ2v) is 4.44. The topological polar surface area (TPSA) is 17.1 Å². The van der Waals surface area contributed by atoms with Gasteiger partial charge in [0.25, 0.3) is 0 Å². The van der Waals surface area contributed by atoms with E-state index in [-0.39, 0.29) is 0 Å². The van der Waals surface area contributed by atoms with E-state index in [4.69, 9.17) is 0 Å². The minimum absolute atomic E-state index is 0.776. The normalized spacial score (nSPS) is 10.3. The molecule has 2 aromatic carbocycles. The molecule has 0 N–H and O–H groups in total. The van der Waals surface area contributed by atoms with Crippen molar-refractivity contribution in [1.82, 2.24) is 0 Å². The first-order valence-corrected chi connectivity index (χ1v) is 6.46. The average molecular weight is 238 g/mol. The highest BCUT2D eigenvalue weighted by molar-refractivity contribution is 5.87. The number of aldehydes is 1. The van der Waals surface area contributed by atoms with Crippen LogP contribution in [0.1, 0.15) is 35.3 Å². The van der Waals surface area contributed by atoms with Crippen LogP contribution in [0.5, 0.6) is 0 Å². The molecule has 92 valence electrons. The van der Waals surface area contributed by atoms with Crippen molar-refractivity contribution >= 4 is 6.29 Å². The third-order valence-electron chi connectivity index (χ3n) is 3.32. The van der Waals surface area contributed by atoms with E-state index in [0.717, 1.165) is 35.8 Å². The fourth-order valence-electron chi connectivity index (χ4n) is 2.11. The van der Waals surface area contributed by atoms with Crippen LogP contribution in [0.4, 0.5) is 0 Å². The van der Waals surface area contributed by atoms with Gasteiger partial charge in [-0.05, 0) is 41.2 Å². The molecule has 0 atom stereocenters. The minimum Gasteiger partial charge on any atom is -0.298 e. The molecule has 0 saturated heterocycles. The first-order chi connectivity index (χ1) is 8.78. The Kier molecular flexibility index (Phi) is 3.93. The van der Waals surface area contributed by atoms with Gasteiger partial charge in [0.2, 0.25) is 0 Å². The molecular weight excluding hydrogens is 220 g/mol. The van der Waals surface area contributed by atoms with Crippen molar-refractivity contribution in [2.75, 3.05) is 0 Å². The van der Waals surface area contributed by atoms with Gasteiger partial charge in [-0.15, -0.1) is 0 Å². The van der Waals surface area contributed by atoms with E-state index in [1.165, 1.54) is 11.1 Å². The second-order valence-electron chi connectivity index (χ2n) is 4.44. The quantitative estimate of drug-likeness (QED) is 0.726. The van der Waals surface area contributed by atoms with Crippen molar-refractivity contribution < 1.29 is 4.79 Å². The van der Waals surface area contributed by atoms with Gasteiger partial charge >= 0.3 is 0 Å². The van der Waals surface area contributed by atoms with Crippen LogP contribution in [-0.2, 0) is 12.8 Å². The van der Waals surface area contributed by atoms with E-state index in [9.17, 15) is 4.79 Å². The van der Waals surface area contributed by atoms with Crippen LogP contribution in [0.15, 0.2) is 42.5 Å². The predicted molar refractivity (Wildman–Crippen MR) is 76.0 cm³/mol. The highest BCUT2D eigenvalue weighted by atomic mass is 16.1. The van der Waals surface area contributed by atoms with Gasteiger partial charge in [-0.25, -0.2) is 0 Å². The van der Waals surface area contributed by atoms with Crippen LogP contribution in [0.3, 0.4) is 0 Å². The number of carbonyl (C=O) groups is 1. The summed E-state index contributed by atoms with van der Waals surface area (Å²) in [6.45, 7) is 4.24. The molecule has 0 saturated carbocycles. The summed E-state index contributed by atoms with van der Waals surface area (Å²) in [4.78, 5) is 11.2. The zero-order chi connectivity index (χ0) is 13.0. The van der Waals surface area contributed by atoms with E-state index in [0.29, 0.717) is 0 Å². The fourth-order valence-corrected chi connectivity index (χ4v) is 2.11. The Bertz CT molecular complexity index is 538. The van der Waals surface area contributed by atoms with Crippen LogP contribution in [0, 0.1) is 0 Å². The summed E-state index contributed by atoms with van der Waals surface area (Å²) in [5, 5.41) is 0. The summed E-state index contributed by atoms with van der Waals surface area (Å²) in [5.74, 6) is 0. The summed E-state index contributed by atoms with van der Waals surface area (Å²) in [5.41, 5.74) is 5.42. The number of hydrogen-bond donors (Lipinski definition) is 0. The summed E-state index contributed by atoms with van der Waals surface area (Å²) >= 11 is 0. The van der Waals surface area contributed by atoms with E-state index in [1.807, 2.05) is 12.1 Å². The summed E-state index contributed by atoms with van der Waals surface area (Å²) in [6.07, 6.45) is 2.94. The minimum atomic E-state index is 0.776. The molecule has 0 fully saturated rings. The third kappa shape index (κ3) is 2.51. The van der Waals surface area contributed by atoms with Gasteiger partial charge < -0.3 is 0 Å². The van der Waals surface area contributed by atoms with Gasteiger partial charge in [0, 0.05) is 5.56 Å². The van der Waals surface area contributed by atoms with Gasteiger partial charge in [-0.1, -0.05) is 50.2 Å². The van der Waals surface area contributed by atoms with Gasteiger partial charge in [-0.3, -0.25) is 4.79 Å². The summed E-state index contributed by atoms with van der Waals surface area (Å²) < 4.78 is 0. The number of benzene rings is 2. The van der Waals surface area contributed by atoms with Gasteiger partial charge in [0.15, 0.2) is 6.29 Å². The Balaban J connectivity index is 2.45. The molecule has 0 aromatic heterocycles. The standard InChI is InChI=1S/C17H18O/c1-3-13-5-8-15(9-6-13)17-10-7-14(4-2)11-16(17)12-18/h5-12H,3-4H2,1-2H3. The molecule has 1 nitrogen and oxygen atoms in total. The van der Waals surface area contributed by atoms with E-state index < -0.39 is 0 Å². The first-order valence-electron chi connectivity index (χ1n) is 6.46. The molecular formula is C17H18O.